The summed E-state index contributed by atoms with van der Waals surface area (Å²) in [6.07, 6.45) is 5.42. The van der Waals surface area contributed by atoms with Gasteiger partial charge in [0.2, 0.25) is 0 Å². The highest BCUT2D eigenvalue weighted by Gasteiger charge is 2.63. The number of Topliss-reactive ketones (excluding diaryl/α,β-unsaturated/α-hetero) is 1. The van der Waals surface area contributed by atoms with Gasteiger partial charge in [-0.1, -0.05) is 33.3 Å². The van der Waals surface area contributed by atoms with Crippen molar-refractivity contribution in [3.05, 3.63) is 23.0 Å². The van der Waals surface area contributed by atoms with Gasteiger partial charge in [0.15, 0.2) is 11.6 Å². The third kappa shape index (κ3) is 2.09. The second kappa shape index (κ2) is 5.56. The van der Waals surface area contributed by atoms with Crippen molar-refractivity contribution in [2.45, 2.75) is 59.8 Å². The summed E-state index contributed by atoms with van der Waals surface area (Å²) < 4.78 is 5.54. The molecule has 0 bridgehead atoms. The summed E-state index contributed by atoms with van der Waals surface area (Å²) in [5.74, 6) is 0.864. The van der Waals surface area contributed by atoms with Gasteiger partial charge in [0, 0.05) is 34.7 Å². The highest BCUT2D eigenvalue weighted by atomic mass is 16.5. The maximum atomic E-state index is 13.4. The van der Waals surface area contributed by atoms with Crippen molar-refractivity contribution < 1.29 is 14.3 Å². The smallest absolute Gasteiger partial charge is 0.165 e. The average Bonchev–Trinajstić information content (AvgIpc) is 2.96. The van der Waals surface area contributed by atoms with Gasteiger partial charge < -0.3 is 4.74 Å². The maximum absolute atomic E-state index is 13.4. The van der Waals surface area contributed by atoms with E-state index in [1.807, 2.05) is 0 Å². The number of rotatable bonds is 1. The van der Waals surface area contributed by atoms with Gasteiger partial charge in [-0.2, -0.15) is 5.26 Å². The quantitative estimate of drug-likeness (QED) is 0.690. The Hall–Kier alpha value is -1.89. The lowest BCUT2D eigenvalue weighted by atomic mass is 9.45. The molecule has 2 fully saturated rings. The summed E-state index contributed by atoms with van der Waals surface area (Å²) in [5.41, 5.74) is 0.962. The van der Waals surface area contributed by atoms with Gasteiger partial charge in [0.1, 0.15) is 5.76 Å². The Balaban J connectivity index is 1.90. The molecule has 5 atom stereocenters. The first-order valence-corrected chi connectivity index (χ1v) is 10.1. The number of allylic oxidation sites excluding steroid dienone is 4. The first-order valence-electron chi connectivity index (χ1n) is 10.1. The summed E-state index contributed by atoms with van der Waals surface area (Å²) in [6, 6.07) is 2.48. The largest absolute Gasteiger partial charge is 0.500 e. The Labute approximate surface area is 161 Å². The van der Waals surface area contributed by atoms with E-state index in [2.05, 4.69) is 33.8 Å². The Morgan fingerprint density at radius 1 is 1.19 bits per heavy atom. The normalized spacial score (nSPS) is 42.7. The van der Waals surface area contributed by atoms with E-state index < -0.39 is 5.41 Å². The fraction of sp³-hybridized carbons (Fsp3) is 0.696. The summed E-state index contributed by atoms with van der Waals surface area (Å²) >= 11 is 0. The van der Waals surface area contributed by atoms with Crippen LogP contribution in [0.2, 0.25) is 0 Å². The zero-order chi connectivity index (χ0) is 19.8. The SMILES string of the molecule is COC1=CC(=O)[C@@]2(C)[C@H](CC(=O)C3=C4CC[C@H](C#N)[C@@]4(C)CC[C@@H]32)C1(C)C. The van der Waals surface area contributed by atoms with Crippen molar-refractivity contribution in [3.8, 4) is 6.07 Å². The molecule has 0 aromatic carbocycles. The number of methoxy groups -OCH3 is 1. The van der Waals surface area contributed by atoms with Crippen LogP contribution < -0.4 is 0 Å². The predicted molar refractivity (Wildman–Crippen MR) is 101 cm³/mol. The molecule has 4 rings (SSSR count). The number of ketones is 2. The molecule has 0 radical (unpaired) electrons. The summed E-state index contributed by atoms with van der Waals surface area (Å²) in [4.78, 5) is 26.7. The van der Waals surface area contributed by atoms with E-state index in [1.165, 1.54) is 5.57 Å². The highest BCUT2D eigenvalue weighted by Crippen LogP contribution is 2.65. The zero-order valence-electron chi connectivity index (χ0n) is 17.0. The molecule has 0 aliphatic heterocycles. The van der Waals surface area contributed by atoms with Gasteiger partial charge >= 0.3 is 0 Å². The minimum absolute atomic E-state index is 0.0160. The van der Waals surface area contributed by atoms with Gasteiger partial charge in [0.05, 0.1) is 19.1 Å². The maximum Gasteiger partial charge on any atom is 0.165 e. The van der Waals surface area contributed by atoms with E-state index >= 15 is 0 Å². The number of nitrogens with zero attached hydrogens (tertiary/aromatic N) is 1. The number of nitriles is 1. The third-order valence-electron chi connectivity index (χ3n) is 8.58. The second-order valence-electron chi connectivity index (χ2n) is 9.88. The molecule has 0 saturated heterocycles. The van der Waals surface area contributed by atoms with E-state index in [9.17, 15) is 14.9 Å². The molecule has 0 unspecified atom stereocenters. The molecule has 0 aromatic heterocycles. The van der Waals surface area contributed by atoms with Crippen LogP contribution in [0.15, 0.2) is 23.0 Å². The standard InChI is InChI=1S/C23H29NO3/c1-21(2)17-10-16(25)20-14-7-6-13(12-24)22(14,3)9-8-15(20)23(17,4)18(26)11-19(21)27-5/h11,13,15,17H,6-10H2,1-5H3/t13-,15+,17-,22-,23-/m1/s1. The number of carbonyl (C=O) groups is 2. The van der Waals surface area contributed by atoms with E-state index in [-0.39, 0.29) is 40.2 Å². The van der Waals surface area contributed by atoms with Crippen LogP contribution in [0.3, 0.4) is 0 Å². The lowest BCUT2D eigenvalue weighted by molar-refractivity contribution is -0.144. The second-order valence-corrected chi connectivity index (χ2v) is 9.88. The minimum atomic E-state index is -0.576. The van der Waals surface area contributed by atoms with Crippen molar-refractivity contribution in [3.63, 3.8) is 0 Å². The first kappa shape index (κ1) is 18.5. The Morgan fingerprint density at radius 2 is 1.89 bits per heavy atom. The monoisotopic (exact) mass is 367 g/mol. The van der Waals surface area contributed by atoms with Crippen LogP contribution in [-0.4, -0.2) is 18.7 Å². The molecule has 4 nitrogen and oxygen atoms in total. The molecule has 0 aromatic rings. The van der Waals surface area contributed by atoms with Gasteiger partial charge in [-0.05, 0) is 37.2 Å². The molecule has 0 spiro atoms. The first-order chi connectivity index (χ1) is 12.6. The lowest BCUT2D eigenvalue weighted by Gasteiger charge is -2.57. The van der Waals surface area contributed by atoms with Gasteiger partial charge in [0.25, 0.3) is 0 Å². The molecular weight excluding hydrogens is 338 g/mol. The highest BCUT2D eigenvalue weighted by molar-refractivity contribution is 6.05. The van der Waals surface area contributed by atoms with Crippen LogP contribution in [-0.2, 0) is 14.3 Å². The van der Waals surface area contributed by atoms with Crippen molar-refractivity contribution in [1.82, 2.24) is 0 Å². The molecule has 27 heavy (non-hydrogen) atoms. The molecule has 144 valence electrons. The predicted octanol–water partition coefficient (Wildman–Crippen LogP) is 4.37. The van der Waals surface area contributed by atoms with Crippen LogP contribution >= 0.6 is 0 Å². The van der Waals surface area contributed by atoms with Crippen molar-refractivity contribution >= 4 is 11.6 Å². The molecule has 4 heteroatoms. The van der Waals surface area contributed by atoms with Crippen LogP contribution in [0.25, 0.3) is 0 Å². The van der Waals surface area contributed by atoms with Crippen LogP contribution in [0, 0.1) is 45.3 Å². The molecule has 0 N–H and O–H groups in total. The number of carbonyl (C=O) groups excluding carboxylic acids is 2. The fourth-order valence-electron chi connectivity index (χ4n) is 6.89. The fourth-order valence-corrected chi connectivity index (χ4v) is 6.89. The summed E-state index contributed by atoms with van der Waals surface area (Å²) in [6.45, 7) is 8.42. The van der Waals surface area contributed by atoms with E-state index in [0.29, 0.717) is 12.2 Å². The Kier molecular flexibility index (Phi) is 3.81. The summed E-state index contributed by atoms with van der Waals surface area (Å²) in [7, 11) is 1.61. The molecular formula is C23H29NO3. The van der Waals surface area contributed by atoms with Gasteiger partial charge in [-0.15, -0.1) is 0 Å². The Morgan fingerprint density at radius 3 is 2.52 bits per heavy atom. The number of fused-ring (bicyclic) bond motifs is 4. The van der Waals surface area contributed by atoms with Gasteiger partial charge in [-0.25, -0.2) is 0 Å². The molecule has 4 aliphatic rings. The molecule has 0 heterocycles. The summed E-state index contributed by atoms with van der Waals surface area (Å²) in [5, 5.41) is 9.60. The van der Waals surface area contributed by atoms with Crippen LogP contribution in [0.1, 0.15) is 59.8 Å². The molecule has 4 aliphatic carbocycles. The lowest BCUT2D eigenvalue weighted by Crippen LogP contribution is -2.57. The van der Waals surface area contributed by atoms with Crippen molar-refractivity contribution in [2.75, 3.05) is 7.11 Å². The van der Waals surface area contributed by atoms with E-state index in [1.54, 1.807) is 13.2 Å². The third-order valence-corrected chi connectivity index (χ3v) is 8.58. The van der Waals surface area contributed by atoms with E-state index in [0.717, 1.165) is 31.3 Å². The number of hydrogen-bond donors (Lipinski definition) is 0. The van der Waals surface area contributed by atoms with Crippen molar-refractivity contribution in [2.24, 2.45) is 34.0 Å². The Bertz CT molecular complexity index is 842. The molecule has 2 saturated carbocycles. The number of ether oxygens (including phenoxy) is 1. The number of hydrogen-bond acceptors (Lipinski definition) is 4. The van der Waals surface area contributed by atoms with Crippen LogP contribution in [0.4, 0.5) is 0 Å². The topological polar surface area (TPSA) is 67.2 Å². The molecule has 0 amide bonds. The zero-order valence-corrected chi connectivity index (χ0v) is 17.0. The minimum Gasteiger partial charge on any atom is -0.500 e. The van der Waals surface area contributed by atoms with Crippen molar-refractivity contribution in [1.29, 1.82) is 5.26 Å². The van der Waals surface area contributed by atoms with E-state index in [4.69, 9.17) is 4.74 Å². The van der Waals surface area contributed by atoms with Crippen LogP contribution in [0.5, 0.6) is 0 Å². The average molecular weight is 367 g/mol. The van der Waals surface area contributed by atoms with Gasteiger partial charge in [-0.3, -0.25) is 9.59 Å².